The zero-order valence-corrected chi connectivity index (χ0v) is 39.6. The number of ether oxygens (including phenoxy) is 6. The Labute approximate surface area is 409 Å². The average Bonchev–Trinajstić information content (AvgIpc) is 3.79. The van der Waals surface area contributed by atoms with Crippen LogP contribution in [0.3, 0.4) is 0 Å². The average molecular weight is 983 g/mol. The van der Waals surface area contributed by atoms with Crippen LogP contribution in [-0.2, 0) is 83.7 Å². The van der Waals surface area contributed by atoms with Crippen LogP contribution in [0.5, 0.6) is 40.2 Å². The van der Waals surface area contributed by atoms with Gasteiger partial charge in [-0.15, -0.1) is 5.10 Å². The van der Waals surface area contributed by atoms with E-state index >= 15 is 0 Å². The summed E-state index contributed by atoms with van der Waals surface area (Å²) in [7, 11) is 2.87. The molecule has 0 saturated heterocycles. The van der Waals surface area contributed by atoms with Crippen molar-refractivity contribution >= 4 is 35.0 Å². The molecule has 378 valence electrons. The molecule has 1 heterocycles. The quantitative estimate of drug-likeness (QED) is 0.0176. The zero-order valence-electron chi connectivity index (χ0n) is 39.6. The molecular weight excluding hydrogens is 925 g/mol. The van der Waals surface area contributed by atoms with Gasteiger partial charge in [-0.2, -0.15) is 0 Å². The smallest absolute Gasteiger partial charge is 0.311 e. The van der Waals surface area contributed by atoms with E-state index in [0.717, 1.165) is 0 Å². The number of aromatic hydroxyl groups is 3. The summed E-state index contributed by atoms with van der Waals surface area (Å²) in [5.74, 6) is -1.68. The number of hydrogen-bond donors (Lipinski definition) is 5. The third kappa shape index (κ3) is 18.6. The van der Waals surface area contributed by atoms with Crippen LogP contribution in [0.25, 0.3) is 0 Å². The molecule has 5 aromatic rings. The largest absolute Gasteiger partial charge is 0.508 e. The minimum atomic E-state index is -0.653. The molecule has 20 nitrogen and oxygen atoms in total. The summed E-state index contributed by atoms with van der Waals surface area (Å²) in [5, 5.41) is 50.1. The highest BCUT2D eigenvalue weighted by molar-refractivity contribution is 6.01. The summed E-state index contributed by atoms with van der Waals surface area (Å²) in [6, 6.07) is 18.2. The van der Waals surface area contributed by atoms with E-state index in [4.69, 9.17) is 28.4 Å². The second kappa shape index (κ2) is 28.1. The van der Waals surface area contributed by atoms with Gasteiger partial charge in [0.25, 0.3) is 0 Å². The lowest BCUT2D eigenvalue weighted by Crippen LogP contribution is -2.27. The molecule has 0 aliphatic carbocycles. The number of methoxy groups -OCH3 is 2. The monoisotopic (exact) mass is 982 g/mol. The maximum absolute atomic E-state index is 12.7. The molecular formula is C51H58N4O16. The minimum absolute atomic E-state index is 0.00349. The van der Waals surface area contributed by atoms with Crippen molar-refractivity contribution < 1.29 is 77.6 Å². The maximum Gasteiger partial charge on any atom is 0.311 e. The van der Waals surface area contributed by atoms with E-state index in [1.165, 1.54) is 56.7 Å². The lowest BCUT2D eigenvalue weighted by Gasteiger charge is -2.11. The Morgan fingerprint density at radius 3 is 1.79 bits per heavy atom. The van der Waals surface area contributed by atoms with Crippen molar-refractivity contribution in [2.75, 3.05) is 47.2 Å². The Balaban J connectivity index is 0.870. The summed E-state index contributed by atoms with van der Waals surface area (Å²) in [6.07, 6.45) is 1.21. The van der Waals surface area contributed by atoms with Gasteiger partial charge in [-0.05, 0) is 77.2 Å². The SMILES string of the molecule is COc1cc(CC(=O)CC(=O)Cc2ccc(OC(=O)CCCC(=O)NCCOCCOCCn3cc(COc4ccc(CC(=O)CC(=O)Cc5ccc(O)c(CO)c5)cc4OC)nn3)c(O)c2)ccc1O. The van der Waals surface area contributed by atoms with E-state index in [1.807, 2.05) is 0 Å². The molecule has 5 N–H and O–H groups in total. The fourth-order valence-electron chi connectivity index (χ4n) is 7.07. The molecule has 0 bridgehead atoms. The maximum atomic E-state index is 12.7. The number of benzene rings is 4. The number of nitrogens with one attached hydrogen (secondary N) is 1. The summed E-state index contributed by atoms with van der Waals surface area (Å²) in [4.78, 5) is 74.8. The summed E-state index contributed by atoms with van der Waals surface area (Å²) >= 11 is 0. The Morgan fingerprint density at radius 1 is 0.606 bits per heavy atom. The van der Waals surface area contributed by atoms with Crippen LogP contribution in [-0.4, -0.2) is 118 Å². The highest BCUT2D eigenvalue weighted by Gasteiger charge is 2.17. The Morgan fingerprint density at radius 2 is 1.17 bits per heavy atom. The first-order valence-electron chi connectivity index (χ1n) is 22.7. The van der Waals surface area contributed by atoms with E-state index in [1.54, 1.807) is 41.2 Å². The normalized spacial score (nSPS) is 10.9. The molecule has 4 aromatic carbocycles. The number of ketones is 4. The van der Waals surface area contributed by atoms with Gasteiger partial charge in [-0.1, -0.05) is 29.5 Å². The minimum Gasteiger partial charge on any atom is -0.508 e. The van der Waals surface area contributed by atoms with Crippen LogP contribution in [0.2, 0.25) is 0 Å². The number of esters is 1. The highest BCUT2D eigenvalue weighted by Crippen LogP contribution is 2.31. The molecule has 71 heavy (non-hydrogen) atoms. The summed E-state index contributed by atoms with van der Waals surface area (Å²) in [6.45, 7) is 1.60. The van der Waals surface area contributed by atoms with Crippen LogP contribution in [0.15, 0.2) is 79.0 Å². The fourth-order valence-corrected chi connectivity index (χ4v) is 7.07. The summed E-state index contributed by atoms with van der Waals surface area (Å²) < 4.78 is 34.4. The van der Waals surface area contributed by atoms with Gasteiger partial charge in [0, 0.05) is 50.6 Å². The van der Waals surface area contributed by atoms with Crippen molar-refractivity contribution in [2.24, 2.45) is 0 Å². The highest BCUT2D eigenvalue weighted by atomic mass is 16.5. The third-order valence-electron chi connectivity index (χ3n) is 10.6. The first kappa shape index (κ1) is 54.3. The number of Topliss-reactive ketones (excluding diaryl/α,β-unsaturated/α-hetero) is 4. The molecule has 1 amide bonds. The van der Waals surface area contributed by atoms with E-state index < -0.39 is 5.97 Å². The van der Waals surface area contributed by atoms with Gasteiger partial charge in [-0.25, -0.2) is 4.68 Å². The number of hydrogen-bond acceptors (Lipinski definition) is 18. The number of amides is 1. The van der Waals surface area contributed by atoms with Crippen molar-refractivity contribution in [1.29, 1.82) is 0 Å². The number of aliphatic hydroxyl groups excluding tert-OH is 1. The molecule has 1 aromatic heterocycles. The summed E-state index contributed by atoms with van der Waals surface area (Å²) in [5.41, 5.74) is 3.13. The Kier molecular flexibility index (Phi) is 21.5. The standard InChI is InChI=1S/C51H58N4O16/c1-66-48-26-35(7-11-44(48)62)23-41(59)29-40(58)22-34-8-12-46(45(63)25-34)71-51(65)5-3-4-50(64)52-14-16-68-18-19-69-17-15-55-30-38(53-54-55)32-70-47-13-9-36(27-49(47)67-2)24-42(60)28-39(57)21-33-6-10-43(61)37(20-33)31-56/h6-13,20,25-27,30,56,61-63H,3-5,14-19,21-24,28-29,31-32H2,1-2H3,(H,52,64). The van der Waals surface area contributed by atoms with E-state index in [-0.39, 0.29) is 142 Å². The van der Waals surface area contributed by atoms with E-state index in [9.17, 15) is 49.2 Å². The van der Waals surface area contributed by atoms with Crippen molar-refractivity contribution in [2.45, 2.75) is 77.5 Å². The van der Waals surface area contributed by atoms with Crippen molar-refractivity contribution in [3.05, 3.63) is 113 Å². The zero-order chi connectivity index (χ0) is 51.1. The van der Waals surface area contributed by atoms with E-state index in [0.29, 0.717) is 71.4 Å². The van der Waals surface area contributed by atoms with Crippen molar-refractivity contribution in [3.63, 3.8) is 0 Å². The molecule has 5 rings (SSSR count). The topological polar surface area (TPSA) is 281 Å². The first-order chi connectivity index (χ1) is 34.2. The first-order valence-corrected chi connectivity index (χ1v) is 22.7. The second-order valence-electron chi connectivity index (χ2n) is 16.3. The lowest BCUT2D eigenvalue weighted by atomic mass is 10.00. The molecule has 0 aliphatic heterocycles. The van der Waals surface area contributed by atoms with Gasteiger partial charge in [0.1, 0.15) is 41.2 Å². The number of carbonyl (C=O) groups excluding carboxylic acids is 6. The number of carbonyl (C=O) groups is 6. The van der Waals surface area contributed by atoms with Crippen LogP contribution in [0.1, 0.15) is 65.6 Å². The molecule has 0 saturated carbocycles. The number of nitrogens with zero attached hydrogens (tertiary/aromatic N) is 3. The van der Waals surface area contributed by atoms with Crippen LogP contribution < -0.4 is 24.3 Å². The van der Waals surface area contributed by atoms with Gasteiger partial charge in [-0.3, -0.25) is 28.8 Å². The van der Waals surface area contributed by atoms with E-state index in [2.05, 4.69) is 15.6 Å². The Bertz CT molecular complexity index is 2630. The lowest BCUT2D eigenvalue weighted by molar-refractivity contribution is -0.135. The van der Waals surface area contributed by atoms with Gasteiger partial charge < -0.3 is 54.2 Å². The number of aliphatic hydroxyl groups is 1. The van der Waals surface area contributed by atoms with Gasteiger partial charge in [0.2, 0.25) is 5.91 Å². The molecule has 0 unspecified atom stereocenters. The molecule has 0 atom stereocenters. The molecule has 20 heteroatoms. The second-order valence-corrected chi connectivity index (χ2v) is 16.3. The molecule has 0 spiro atoms. The van der Waals surface area contributed by atoms with Crippen LogP contribution in [0, 0.1) is 0 Å². The Hall–Kier alpha value is -7.68. The number of phenolic OH excluding ortho intramolecular Hbond substituents is 2. The molecule has 0 fully saturated rings. The van der Waals surface area contributed by atoms with Gasteiger partial charge >= 0.3 is 5.97 Å². The third-order valence-corrected chi connectivity index (χ3v) is 10.6. The van der Waals surface area contributed by atoms with Crippen molar-refractivity contribution in [3.8, 4) is 40.2 Å². The predicted molar refractivity (Wildman–Crippen MR) is 252 cm³/mol. The van der Waals surface area contributed by atoms with Gasteiger partial charge in [0.05, 0.1) is 72.8 Å². The van der Waals surface area contributed by atoms with Crippen LogP contribution >= 0.6 is 0 Å². The van der Waals surface area contributed by atoms with Crippen LogP contribution in [0.4, 0.5) is 0 Å². The fraction of sp³-hybridized carbons (Fsp3) is 0.373. The number of phenols is 3. The number of rotatable bonds is 32. The number of aromatic nitrogens is 3. The van der Waals surface area contributed by atoms with Gasteiger partial charge in [0.15, 0.2) is 34.5 Å². The molecule has 0 aliphatic rings. The molecule has 0 radical (unpaired) electrons. The predicted octanol–water partition coefficient (Wildman–Crippen LogP) is 4.04. The van der Waals surface area contributed by atoms with Crippen molar-refractivity contribution in [1.82, 2.24) is 20.3 Å².